The van der Waals surface area contributed by atoms with E-state index >= 15 is 0 Å². The van der Waals surface area contributed by atoms with Gasteiger partial charge in [0.05, 0.1) is 5.52 Å². The standard InChI is InChI=1S/C31H31N5O/c1-36(2)29-26-11-5-6-13-28(26)34-31(35-29)33-24-16-14-23(15-17-24)32-30(37)25-12-7-10-22-18-20-8-3-4-9-21(20)19-27(22)25/h3-13,18-19,23-24H,14-17H2,1-2H3,(H,32,37)(H,33,34,35). The Morgan fingerprint density at radius 3 is 2.22 bits per heavy atom. The minimum Gasteiger partial charge on any atom is -0.362 e. The maximum absolute atomic E-state index is 13.3. The molecule has 1 aromatic heterocycles. The number of benzene rings is 4. The molecule has 186 valence electrons. The quantitative estimate of drug-likeness (QED) is 0.290. The SMILES string of the molecule is CN(C)c1nc(NC2CCC(NC(=O)c3cccc4cc5ccccc5cc34)CC2)nc2ccccc12. The van der Waals surface area contributed by atoms with Gasteiger partial charge in [-0.3, -0.25) is 4.79 Å². The molecular weight excluding hydrogens is 458 g/mol. The van der Waals surface area contributed by atoms with Crippen LogP contribution in [0.15, 0.2) is 78.9 Å². The number of para-hydroxylation sites is 1. The second kappa shape index (κ2) is 9.69. The summed E-state index contributed by atoms with van der Waals surface area (Å²) >= 11 is 0. The number of rotatable bonds is 5. The summed E-state index contributed by atoms with van der Waals surface area (Å²) in [4.78, 5) is 24.9. The van der Waals surface area contributed by atoms with Crippen LogP contribution in [0.5, 0.6) is 0 Å². The molecule has 0 unspecified atom stereocenters. The zero-order chi connectivity index (χ0) is 25.4. The van der Waals surface area contributed by atoms with Crippen molar-refractivity contribution in [1.82, 2.24) is 15.3 Å². The van der Waals surface area contributed by atoms with Crippen LogP contribution in [-0.2, 0) is 0 Å². The van der Waals surface area contributed by atoms with Crippen molar-refractivity contribution in [2.45, 2.75) is 37.8 Å². The molecule has 6 heteroatoms. The smallest absolute Gasteiger partial charge is 0.252 e. The normalized spacial score (nSPS) is 17.7. The first-order chi connectivity index (χ1) is 18.0. The number of nitrogens with zero attached hydrogens (tertiary/aromatic N) is 3. The summed E-state index contributed by atoms with van der Waals surface area (Å²) in [6.07, 6.45) is 3.76. The van der Waals surface area contributed by atoms with E-state index in [-0.39, 0.29) is 18.0 Å². The lowest BCUT2D eigenvalue weighted by molar-refractivity contribution is 0.0928. The molecule has 0 aliphatic heterocycles. The summed E-state index contributed by atoms with van der Waals surface area (Å²) in [6, 6.07) is 27.1. The summed E-state index contributed by atoms with van der Waals surface area (Å²) in [5.74, 6) is 1.58. The molecule has 4 aromatic carbocycles. The fourth-order valence-electron chi connectivity index (χ4n) is 5.46. The van der Waals surface area contributed by atoms with E-state index in [1.807, 2.05) is 61.5 Å². The lowest BCUT2D eigenvalue weighted by Gasteiger charge is -2.30. The van der Waals surface area contributed by atoms with Gasteiger partial charge < -0.3 is 15.5 Å². The molecule has 0 bridgehead atoms. The van der Waals surface area contributed by atoms with Crippen LogP contribution in [0.4, 0.5) is 11.8 Å². The zero-order valence-electron chi connectivity index (χ0n) is 21.2. The van der Waals surface area contributed by atoms with Crippen molar-refractivity contribution < 1.29 is 4.79 Å². The molecule has 0 radical (unpaired) electrons. The Morgan fingerprint density at radius 2 is 1.43 bits per heavy atom. The largest absolute Gasteiger partial charge is 0.362 e. The van der Waals surface area contributed by atoms with E-state index in [0.717, 1.165) is 64.1 Å². The number of amides is 1. The molecule has 1 aliphatic rings. The number of carbonyl (C=O) groups is 1. The van der Waals surface area contributed by atoms with E-state index < -0.39 is 0 Å². The molecular formula is C31H31N5O. The van der Waals surface area contributed by atoms with Gasteiger partial charge in [-0.2, -0.15) is 4.98 Å². The van der Waals surface area contributed by atoms with Gasteiger partial charge in [-0.05, 0) is 77.6 Å². The molecule has 2 N–H and O–H groups in total. The molecule has 0 spiro atoms. The number of hydrogen-bond acceptors (Lipinski definition) is 5. The number of carbonyl (C=O) groups excluding carboxylic acids is 1. The number of hydrogen-bond donors (Lipinski definition) is 2. The third kappa shape index (κ3) is 4.67. The Balaban J connectivity index is 1.13. The van der Waals surface area contributed by atoms with E-state index in [2.05, 4.69) is 47.0 Å². The molecule has 1 amide bonds. The van der Waals surface area contributed by atoms with E-state index in [9.17, 15) is 4.79 Å². The first-order valence-corrected chi connectivity index (χ1v) is 13.0. The summed E-state index contributed by atoms with van der Waals surface area (Å²) < 4.78 is 0. The van der Waals surface area contributed by atoms with Crippen LogP contribution in [0.2, 0.25) is 0 Å². The molecule has 6 nitrogen and oxygen atoms in total. The van der Waals surface area contributed by atoms with Crippen molar-refractivity contribution in [3.8, 4) is 0 Å². The van der Waals surface area contributed by atoms with Crippen LogP contribution in [0, 0.1) is 0 Å². The second-order valence-electron chi connectivity index (χ2n) is 10.2. The lowest BCUT2D eigenvalue weighted by atomic mass is 9.90. The zero-order valence-corrected chi connectivity index (χ0v) is 21.2. The van der Waals surface area contributed by atoms with E-state index in [4.69, 9.17) is 9.97 Å². The van der Waals surface area contributed by atoms with Crippen molar-refractivity contribution in [2.24, 2.45) is 0 Å². The van der Waals surface area contributed by atoms with Crippen LogP contribution < -0.4 is 15.5 Å². The predicted octanol–water partition coefficient (Wildman–Crippen LogP) is 6.16. The van der Waals surface area contributed by atoms with Crippen LogP contribution in [0.25, 0.3) is 32.4 Å². The van der Waals surface area contributed by atoms with Gasteiger partial charge in [0, 0.05) is 37.1 Å². The molecule has 0 saturated heterocycles. The van der Waals surface area contributed by atoms with Crippen LogP contribution >= 0.6 is 0 Å². The average Bonchev–Trinajstić information content (AvgIpc) is 2.92. The number of aromatic nitrogens is 2. The summed E-state index contributed by atoms with van der Waals surface area (Å²) in [5.41, 5.74) is 1.68. The van der Waals surface area contributed by atoms with Crippen molar-refractivity contribution in [3.05, 3.63) is 84.4 Å². The molecule has 1 heterocycles. The monoisotopic (exact) mass is 489 g/mol. The molecule has 1 saturated carbocycles. The average molecular weight is 490 g/mol. The maximum Gasteiger partial charge on any atom is 0.252 e. The van der Waals surface area contributed by atoms with E-state index in [1.54, 1.807) is 0 Å². The maximum atomic E-state index is 13.3. The van der Waals surface area contributed by atoms with Gasteiger partial charge in [-0.25, -0.2) is 4.98 Å². The number of anilines is 2. The van der Waals surface area contributed by atoms with Crippen molar-refractivity contribution in [3.63, 3.8) is 0 Å². The molecule has 1 fully saturated rings. The Kier molecular flexibility index (Phi) is 6.08. The Hall–Kier alpha value is -4.19. The third-order valence-electron chi connectivity index (χ3n) is 7.39. The summed E-state index contributed by atoms with van der Waals surface area (Å²) in [7, 11) is 4.01. The Labute approximate surface area is 216 Å². The van der Waals surface area contributed by atoms with Gasteiger partial charge in [-0.15, -0.1) is 0 Å². The van der Waals surface area contributed by atoms with E-state index in [1.165, 1.54) is 5.39 Å². The second-order valence-corrected chi connectivity index (χ2v) is 10.2. The van der Waals surface area contributed by atoms with E-state index in [0.29, 0.717) is 5.95 Å². The molecule has 5 aromatic rings. The highest BCUT2D eigenvalue weighted by atomic mass is 16.1. The number of fused-ring (bicyclic) bond motifs is 3. The van der Waals surface area contributed by atoms with Crippen molar-refractivity contribution >= 4 is 50.1 Å². The van der Waals surface area contributed by atoms with Crippen LogP contribution in [0.3, 0.4) is 0 Å². The van der Waals surface area contributed by atoms with Crippen LogP contribution in [0.1, 0.15) is 36.0 Å². The highest BCUT2D eigenvalue weighted by Crippen LogP contribution is 2.28. The van der Waals surface area contributed by atoms with Gasteiger partial charge in [0.2, 0.25) is 5.95 Å². The number of nitrogens with one attached hydrogen (secondary N) is 2. The summed E-state index contributed by atoms with van der Waals surface area (Å²) in [6.45, 7) is 0. The van der Waals surface area contributed by atoms with Gasteiger partial charge in [0.1, 0.15) is 5.82 Å². The third-order valence-corrected chi connectivity index (χ3v) is 7.39. The van der Waals surface area contributed by atoms with Gasteiger partial charge in [-0.1, -0.05) is 48.5 Å². The fourth-order valence-corrected chi connectivity index (χ4v) is 5.46. The molecule has 37 heavy (non-hydrogen) atoms. The molecule has 6 rings (SSSR count). The molecule has 0 atom stereocenters. The van der Waals surface area contributed by atoms with Gasteiger partial charge in [0.15, 0.2) is 0 Å². The topological polar surface area (TPSA) is 70.2 Å². The highest BCUT2D eigenvalue weighted by Gasteiger charge is 2.24. The van der Waals surface area contributed by atoms with Gasteiger partial charge in [0.25, 0.3) is 5.91 Å². The van der Waals surface area contributed by atoms with Crippen molar-refractivity contribution in [1.29, 1.82) is 0 Å². The first-order valence-electron chi connectivity index (χ1n) is 13.0. The first kappa shape index (κ1) is 23.2. The summed E-state index contributed by atoms with van der Waals surface area (Å²) in [5, 5.41) is 12.3. The Morgan fingerprint density at radius 1 is 0.757 bits per heavy atom. The minimum absolute atomic E-state index is 0.00535. The molecule has 1 aliphatic carbocycles. The fraction of sp³-hybridized carbons (Fsp3) is 0.258. The van der Waals surface area contributed by atoms with Crippen molar-refractivity contribution in [2.75, 3.05) is 24.3 Å². The van der Waals surface area contributed by atoms with Crippen LogP contribution in [-0.4, -0.2) is 42.1 Å². The highest BCUT2D eigenvalue weighted by molar-refractivity contribution is 6.10. The minimum atomic E-state index is 0.00535. The Bertz CT molecular complexity index is 1600. The van der Waals surface area contributed by atoms with Gasteiger partial charge >= 0.3 is 0 Å². The lowest BCUT2D eigenvalue weighted by Crippen LogP contribution is -2.40. The predicted molar refractivity (Wildman–Crippen MR) is 152 cm³/mol.